The number of rotatable bonds is 2. The fourth-order valence-electron chi connectivity index (χ4n) is 2.37. The summed E-state index contributed by atoms with van der Waals surface area (Å²) in [7, 11) is 0. The van der Waals surface area contributed by atoms with Crippen molar-refractivity contribution in [3.8, 4) is 0 Å². The van der Waals surface area contributed by atoms with Crippen LogP contribution in [0.5, 0.6) is 0 Å². The van der Waals surface area contributed by atoms with Gasteiger partial charge >= 0.3 is 0 Å². The highest BCUT2D eigenvalue weighted by atomic mass is 79.9. The van der Waals surface area contributed by atoms with Gasteiger partial charge in [0.2, 0.25) is 0 Å². The number of nitrogens with two attached hydrogens (primary N) is 1. The molecule has 1 aromatic heterocycles. The lowest BCUT2D eigenvalue weighted by Gasteiger charge is -2.27. The standard InChI is InChI=1S/C11H15BrN2/c12-9-4-3-7-14-10(9)11(8-13)5-1-2-6-11/h3-4,7H,1-2,5-6,8,13H2. The molecule has 0 aromatic carbocycles. The van der Waals surface area contributed by atoms with Crippen LogP contribution >= 0.6 is 15.9 Å². The lowest BCUT2D eigenvalue weighted by Crippen LogP contribution is -2.33. The Morgan fingerprint density at radius 2 is 2.14 bits per heavy atom. The molecule has 0 spiro atoms. The smallest absolute Gasteiger partial charge is 0.0619 e. The van der Waals surface area contributed by atoms with Crippen LogP contribution in [0.15, 0.2) is 22.8 Å². The summed E-state index contributed by atoms with van der Waals surface area (Å²) in [6.45, 7) is 0.711. The quantitative estimate of drug-likeness (QED) is 0.882. The van der Waals surface area contributed by atoms with E-state index in [1.807, 2.05) is 12.3 Å². The number of hydrogen-bond donors (Lipinski definition) is 1. The molecule has 0 aliphatic heterocycles. The molecule has 0 saturated heterocycles. The molecular weight excluding hydrogens is 240 g/mol. The molecule has 2 N–H and O–H groups in total. The first-order chi connectivity index (χ1) is 6.78. The Morgan fingerprint density at radius 1 is 1.43 bits per heavy atom. The van der Waals surface area contributed by atoms with Gasteiger partial charge in [-0.2, -0.15) is 0 Å². The molecule has 0 amide bonds. The van der Waals surface area contributed by atoms with Crippen LogP contribution in [0.2, 0.25) is 0 Å². The van der Waals surface area contributed by atoms with E-state index in [0.717, 1.165) is 10.2 Å². The maximum atomic E-state index is 5.91. The summed E-state index contributed by atoms with van der Waals surface area (Å²) in [4.78, 5) is 4.48. The molecule has 1 aliphatic carbocycles. The van der Waals surface area contributed by atoms with Crippen molar-refractivity contribution >= 4 is 15.9 Å². The van der Waals surface area contributed by atoms with Gasteiger partial charge in [0.25, 0.3) is 0 Å². The third-order valence-electron chi connectivity index (χ3n) is 3.21. The van der Waals surface area contributed by atoms with Crippen LogP contribution in [0.3, 0.4) is 0 Å². The molecule has 0 atom stereocenters. The molecule has 3 heteroatoms. The normalized spacial score (nSPS) is 19.9. The minimum absolute atomic E-state index is 0.139. The van der Waals surface area contributed by atoms with E-state index < -0.39 is 0 Å². The van der Waals surface area contributed by atoms with Crippen molar-refractivity contribution in [2.24, 2.45) is 5.73 Å². The maximum Gasteiger partial charge on any atom is 0.0619 e. The van der Waals surface area contributed by atoms with E-state index in [9.17, 15) is 0 Å². The van der Waals surface area contributed by atoms with E-state index in [1.165, 1.54) is 25.7 Å². The van der Waals surface area contributed by atoms with Gasteiger partial charge in [0.05, 0.1) is 5.69 Å². The molecule has 1 aliphatic rings. The van der Waals surface area contributed by atoms with Crippen molar-refractivity contribution < 1.29 is 0 Å². The zero-order valence-electron chi connectivity index (χ0n) is 8.17. The van der Waals surface area contributed by atoms with Crippen LogP contribution in [0, 0.1) is 0 Å². The van der Waals surface area contributed by atoms with E-state index in [4.69, 9.17) is 5.73 Å². The number of hydrogen-bond acceptors (Lipinski definition) is 2. The van der Waals surface area contributed by atoms with Gasteiger partial charge in [-0.3, -0.25) is 4.98 Å². The molecule has 0 unspecified atom stereocenters. The average Bonchev–Trinajstić information content (AvgIpc) is 2.68. The van der Waals surface area contributed by atoms with Crippen LogP contribution in [0.1, 0.15) is 31.4 Å². The Hall–Kier alpha value is -0.410. The summed E-state index contributed by atoms with van der Waals surface area (Å²) in [6.07, 6.45) is 6.77. The average molecular weight is 255 g/mol. The van der Waals surface area contributed by atoms with Gasteiger partial charge in [0.1, 0.15) is 0 Å². The van der Waals surface area contributed by atoms with Crippen LogP contribution in [-0.4, -0.2) is 11.5 Å². The van der Waals surface area contributed by atoms with Crippen molar-refractivity contribution in [1.82, 2.24) is 4.98 Å². The lowest BCUT2D eigenvalue weighted by atomic mass is 9.82. The topological polar surface area (TPSA) is 38.9 Å². The fraction of sp³-hybridized carbons (Fsp3) is 0.545. The second kappa shape index (κ2) is 3.99. The summed E-state index contributed by atoms with van der Waals surface area (Å²) < 4.78 is 1.10. The van der Waals surface area contributed by atoms with Gasteiger partial charge in [0.15, 0.2) is 0 Å². The fourth-order valence-corrected chi connectivity index (χ4v) is 3.04. The number of nitrogens with zero attached hydrogens (tertiary/aromatic N) is 1. The van der Waals surface area contributed by atoms with Gasteiger partial charge < -0.3 is 5.73 Å². The molecule has 1 saturated carbocycles. The molecule has 1 heterocycles. The monoisotopic (exact) mass is 254 g/mol. The van der Waals surface area contributed by atoms with Crippen LogP contribution in [0.4, 0.5) is 0 Å². The first-order valence-electron chi connectivity index (χ1n) is 5.10. The minimum atomic E-state index is 0.139. The summed E-state index contributed by atoms with van der Waals surface area (Å²) >= 11 is 3.56. The Balaban J connectivity index is 2.41. The number of aromatic nitrogens is 1. The van der Waals surface area contributed by atoms with Gasteiger partial charge in [-0.1, -0.05) is 12.8 Å². The van der Waals surface area contributed by atoms with Crippen LogP contribution in [-0.2, 0) is 5.41 Å². The Labute approximate surface area is 93.0 Å². The molecule has 1 aromatic rings. The summed E-state index contributed by atoms with van der Waals surface area (Å²) in [5.74, 6) is 0. The van der Waals surface area contributed by atoms with Crippen molar-refractivity contribution in [2.75, 3.05) is 6.54 Å². The number of pyridine rings is 1. The van der Waals surface area contributed by atoms with Gasteiger partial charge in [-0.15, -0.1) is 0 Å². The molecule has 1 fully saturated rings. The van der Waals surface area contributed by atoms with E-state index in [0.29, 0.717) is 6.54 Å². The first kappa shape index (κ1) is 10.1. The highest BCUT2D eigenvalue weighted by Gasteiger charge is 2.36. The van der Waals surface area contributed by atoms with E-state index in [-0.39, 0.29) is 5.41 Å². The van der Waals surface area contributed by atoms with Crippen molar-refractivity contribution in [3.63, 3.8) is 0 Å². The minimum Gasteiger partial charge on any atom is -0.330 e. The molecule has 2 rings (SSSR count). The zero-order chi connectivity index (χ0) is 10.0. The van der Waals surface area contributed by atoms with Gasteiger partial charge in [-0.25, -0.2) is 0 Å². The van der Waals surface area contributed by atoms with Crippen molar-refractivity contribution in [3.05, 3.63) is 28.5 Å². The largest absolute Gasteiger partial charge is 0.330 e. The first-order valence-corrected chi connectivity index (χ1v) is 5.89. The lowest BCUT2D eigenvalue weighted by molar-refractivity contribution is 0.437. The summed E-state index contributed by atoms with van der Waals surface area (Å²) in [5.41, 5.74) is 7.20. The highest BCUT2D eigenvalue weighted by molar-refractivity contribution is 9.10. The Morgan fingerprint density at radius 3 is 2.71 bits per heavy atom. The maximum absolute atomic E-state index is 5.91. The van der Waals surface area contributed by atoms with E-state index >= 15 is 0 Å². The van der Waals surface area contributed by atoms with E-state index in [2.05, 4.69) is 27.0 Å². The third kappa shape index (κ3) is 1.59. The van der Waals surface area contributed by atoms with Crippen LogP contribution < -0.4 is 5.73 Å². The van der Waals surface area contributed by atoms with Gasteiger partial charge in [0, 0.05) is 22.6 Å². The molecule has 0 bridgehead atoms. The zero-order valence-corrected chi connectivity index (χ0v) is 9.76. The highest BCUT2D eigenvalue weighted by Crippen LogP contribution is 2.41. The molecule has 14 heavy (non-hydrogen) atoms. The molecule has 0 radical (unpaired) electrons. The van der Waals surface area contributed by atoms with Crippen LogP contribution in [0.25, 0.3) is 0 Å². The second-order valence-electron chi connectivity index (χ2n) is 4.03. The molecule has 76 valence electrons. The van der Waals surface area contributed by atoms with Crippen molar-refractivity contribution in [2.45, 2.75) is 31.1 Å². The van der Waals surface area contributed by atoms with E-state index in [1.54, 1.807) is 0 Å². The summed E-state index contributed by atoms with van der Waals surface area (Å²) in [5, 5.41) is 0. The predicted octanol–water partition coefficient (Wildman–Crippen LogP) is 2.61. The molecular formula is C11H15BrN2. The number of halogens is 1. The molecule has 2 nitrogen and oxygen atoms in total. The Bertz CT molecular complexity index is 319. The second-order valence-corrected chi connectivity index (χ2v) is 4.88. The predicted molar refractivity (Wildman–Crippen MR) is 61.1 cm³/mol. The third-order valence-corrected chi connectivity index (χ3v) is 3.85. The van der Waals surface area contributed by atoms with Gasteiger partial charge in [-0.05, 0) is 40.9 Å². The SMILES string of the molecule is NCC1(c2ncccc2Br)CCCC1. The Kier molecular flexibility index (Phi) is 2.88. The summed E-state index contributed by atoms with van der Waals surface area (Å²) in [6, 6.07) is 4.00. The van der Waals surface area contributed by atoms with Crippen molar-refractivity contribution in [1.29, 1.82) is 0 Å².